The number of rotatable bonds is 1. The number of hydrogen-bond donors (Lipinski definition) is 2. The lowest BCUT2D eigenvalue weighted by Gasteiger charge is -2.57. The van der Waals surface area contributed by atoms with E-state index in [0.717, 1.165) is 55.3 Å². The minimum atomic E-state index is -0.401. The van der Waals surface area contributed by atoms with Gasteiger partial charge in [0.15, 0.2) is 0 Å². The molecule has 0 aromatic carbocycles. The van der Waals surface area contributed by atoms with Crippen LogP contribution in [0.4, 0.5) is 0 Å². The van der Waals surface area contributed by atoms with E-state index < -0.39 is 5.60 Å². The summed E-state index contributed by atoms with van der Waals surface area (Å²) in [6, 6.07) is 0. The van der Waals surface area contributed by atoms with Gasteiger partial charge in [0, 0.05) is 0 Å². The lowest BCUT2D eigenvalue weighted by molar-refractivity contribution is -0.134. The fraction of sp³-hybridized carbons (Fsp3) is 1.00. The molecule has 8 atom stereocenters. The zero-order chi connectivity index (χ0) is 15.5. The van der Waals surface area contributed by atoms with Crippen LogP contribution in [0.3, 0.4) is 0 Å². The maximum absolute atomic E-state index is 11.2. The van der Waals surface area contributed by atoms with Gasteiger partial charge in [-0.05, 0) is 99.2 Å². The minimum absolute atomic E-state index is 0.0247. The predicted molar refractivity (Wildman–Crippen MR) is 88.4 cm³/mol. The fourth-order valence-electron chi connectivity index (χ4n) is 7.52. The molecule has 0 aromatic rings. The highest BCUT2D eigenvalue weighted by Gasteiger charge is 2.61. The van der Waals surface area contributed by atoms with Crippen molar-refractivity contribution in [3.05, 3.63) is 0 Å². The lowest BCUT2D eigenvalue weighted by Crippen LogP contribution is -2.53. The Morgan fingerprint density at radius 3 is 2.45 bits per heavy atom. The Balaban J connectivity index is 1.58. The van der Waals surface area contributed by atoms with Crippen molar-refractivity contribution in [2.75, 3.05) is 0 Å². The summed E-state index contributed by atoms with van der Waals surface area (Å²) in [6.07, 6.45) is 11.8. The van der Waals surface area contributed by atoms with Gasteiger partial charge < -0.3 is 10.2 Å². The third-order valence-corrected chi connectivity index (χ3v) is 8.83. The van der Waals surface area contributed by atoms with Gasteiger partial charge in [0.2, 0.25) is 0 Å². The highest BCUT2D eigenvalue weighted by atomic mass is 16.3. The first-order valence-corrected chi connectivity index (χ1v) is 9.89. The highest BCUT2D eigenvalue weighted by Crippen LogP contribution is 2.65. The molecule has 0 aliphatic heterocycles. The molecule has 1 unspecified atom stereocenters. The van der Waals surface area contributed by atoms with E-state index >= 15 is 0 Å². The third-order valence-electron chi connectivity index (χ3n) is 8.83. The van der Waals surface area contributed by atoms with E-state index in [-0.39, 0.29) is 11.5 Å². The summed E-state index contributed by atoms with van der Waals surface area (Å²) in [7, 11) is 0. The molecule has 2 nitrogen and oxygen atoms in total. The molecule has 126 valence electrons. The molecule has 0 aromatic heterocycles. The molecule has 0 radical (unpaired) electrons. The van der Waals surface area contributed by atoms with Gasteiger partial charge >= 0.3 is 0 Å². The van der Waals surface area contributed by atoms with E-state index in [2.05, 4.69) is 13.8 Å². The average Bonchev–Trinajstić information content (AvgIpc) is 2.79. The van der Waals surface area contributed by atoms with E-state index in [1.165, 1.54) is 38.5 Å². The first-order valence-electron chi connectivity index (χ1n) is 9.89. The van der Waals surface area contributed by atoms with Gasteiger partial charge in [-0.3, -0.25) is 0 Å². The van der Waals surface area contributed by atoms with Gasteiger partial charge in [-0.2, -0.15) is 0 Å². The van der Waals surface area contributed by atoms with E-state index in [9.17, 15) is 10.2 Å². The van der Waals surface area contributed by atoms with Gasteiger partial charge in [-0.25, -0.2) is 0 Å². The maximum Gasteiger partial charge on any atom is 0.0701 e. The van der Waals surface area contributed by atoms with Crippen molar-refractivity contribution in [2.45, 2.75) is 89.8 Å². The van der Waals surface area contributed by atoms with E-state index in [4.69, 9.17) is 0 Å². The Labute approximate surface area is 135 Å². The Morgan fingerprint density at radius 1 is 0.909 bits per heavy atom. The number of hydrogen-bond acceptors (Lipinski definition) is 2. The normalized spacial score (nSPS) is 57.8. The molecule has 0 spiro atoms. The number of fused-ring (bicyclic) bond motifs is 5. The molecule has 2 heteroatoms. The molecule has 4 aliphatic carbocycles. The second kappa shape index (κ2) is 5.21. The molecule has 4 aliphatic rings. The molecule has 4 rings (SSSR count). The number of aliphatic hydroxyl groups is 2. The molecule has 0 saturated heterocycles. The summed E-state index contributed by atoms with van der Waals surface area (Å²) in [5.41, 5.74) is -0.230. The molecule has 0 heterocycles. The topological polar surface area (TPSA) is 40.5 Å². The van der Waals surface area contributed by atoms with Gasteiger partial charge in [0.1, 0.15) is 0 Å². The molecule has 22 heavy (non-hydrogen) atoms. The summed E-state index contributed by atoms with van der Waals surface area (Å²) in [6.45, 7) is 4.58. The van der Waals surface area contributed by atoms with Gasteiger partial charge in [0.05, 0.1) is 11.7 Å². The van der Waals surface area contributed by atoms with Crippen LogP contribution in [0.1, 0.15) is 78.1 Å². The summed E-state index contributed by atoms with van der Waals surface area (Å²) in [5, 5.41) is 21.2. The highest BCUT2D eigenvalue weighted by molar-refractivity contribution is 5.11. The fourth-order valence-corrected chi connectivity index (χ4v) is 7.52. The Hall–Kier alpha value is -0.0800. The van der Waals surface area contributed by atoms with Crippen molar-refractivity contribution < 1.29 is 10.2 Å². The van der Waals surface area contributed by atoms with Crippen molar-refractivity contribution in [3.63, 3.8) is 0 Å². The predicted octanol–water partition coefficient (Wildman–Crippen LogP) is 4.14. The molecule has 0 bridgehead atoms. The molecule has 4 saturated carbocycles. The van der Waals surface area contributed by atoms with E-state index in [1.54, 1.807) is 0 Å². The van der Waals surface area contributed by atoms with Crippen molar-refractivity contribution in [1.82, 2.24) is 0 Å². The first kappa shape index (κ1) is 15.4. The summed E-state index contributed by atoms with van der Waals surface area (Å²) in [4.78, 5) is 0. The van der Waals surface area contributed by atoms with Crippen LogP contribution in [0.15, 0.2) is 0 Å². The molecular weight excluding hydrogens is 272 g/mol. The maximum atomic E-state index is 11.2. The zero-order valence-electron chi connectivity index (χ0n) is 14.4. The standard InChI is InChI=1S/C20H34O2/c1-3-20(22)11-9-18-17-6-4-13-12-14(21)5-7-15(13)16(17)8-10-19(18,20)2/h13-18,21-22H,3-12H2,1-2H3/t13-,14?,15-,16+,17+,18-,19-,20-/m0/s1. The summed E-state index contributed by atoms with van der Waals surface area (Å²) in [5.74, 6) is 4.17. The van der Waals surface area contributed by atoms with Crippen molar-refractivity contribution in [1.29, 1.82) is 0 Å². The van der Waals surface area contributed by atoms with Crippen LogP contribution >= 0.6 is 0 Å². The monoisotopic (exact) mass is 306 g/mol. The van der Waals surface area contributed by atoms with Gasteiger partial charge in [-0.1, -0.05) is 13.8 Å². The van der Waals surface area contributed by atoms with E-state index in [1.807, 2.05) is 0 Å². The second-order valence-electron chi connectivity index (χ2n) is 9.28. The molecule has 4 fully saturated rings. The summed E-state index contributed by atoms with van der Waals surface area (Å²) >= 11 is 0. The average molecular weight is 306 g/mol. The van der Waals surface area contributed by atoms with Crippen LogP contribution in [-0.2, 0) is 0 Å². The molecule has 2 N–H and O–H groups in total. The SMILES string of the molecule is CC[C@]1(O)CC[C@H]2[C@@H]3CC[C@H]4CC(O)CC[C@@H]4[C@H]3CC[C@@]21C. The van der Waals surface area contributed by atoms with Gasteiger partial charge in [0.25, 0.3) is 0 Å². The Bertz CT molecular complexity index is 435. The van der Waals surface area contributed by atoms with Crippen molar-refractivity contribution >= 4 is 0 Å². The van der Waals surface area contributed by atoms with Crippen LogP contribution in [0, 0.1) is 35.0 Å². The second-order valence-corrected chi connectivity index (χ2v) is 9.28. The number of aliphatic hydroxyl groups excluding tert-OH is 1. The smallest absolute Gasteiger partial charge is 0.0701 e. The largest absolute Gasteiger partial charge is 0.393 e. The minimum Gasteiger partial charge on any atom is -0.393 e. The Kier molecular flexibility index (Phi) is 3.66. The van der Waals surface area contributed by atoms with Crippen molar-refractivity contribution in [2.24, 2.45) is 35.0 Å². The van der Waals surface area contributed by atoms with Crippen LogP contribution in [0.5, 0.6) is 0 Å². The third kappa shape index (κ3) is 1.99. The Morgan fingerprint density at radius 2 is 1.68 bits per heavy atom. The quantitative estimate of drug-likeness (QED) is 0.764. The van der Waals surface area contributed by atoms with Gasteiger partial charge in [-0.15, -0.1) is 0 Å². The lowest BCUT2D eigenvalue weighted by atomic mass is 9.49. The molecular formula is C20H34O2. The van der Waals surface area contributed by atoms with Crippen molar-refractivity contribution in [3.8, 4) is 0 Å². The zero-order valence-corrected chi connectivity index (χ0v) is 14.4. The first-order chi connectivity index (χ1) is 10.5. The van der Waals surface area contributed by atoms with Crippen LogP contribution < -0.4 is 0 Å². The van der Waals surface area contributed by atoms with Crippen LogP contribution in [0.25, 0.3) is 0 Å². The van der Waals surface area contributed by atoms with E-state index in [0.29, 0.717) is 0 Å². The van der Waals surface area contributed by atoms with Crippen LogP contribution in [-0.4, -0.2) is 21.9 Å². The molecule has 0 amide bonds. The summed E-state index contributed by atoms with van der Waals surface area (Å²) < 4.78 is 0. The van der Waals surface area contributed by atoms with Crippen LogP contribution in [0.2, 0.25) is 0 Å².